The van der Waals surface area contributed by atoms with Gasteiger partial charge < -0.3 is 15.0 Å². The minimum absolute atomic E-state index is 0.653. The van der Waals surface area contributed by atoms with Crippen LogP contribution in [0.4, 0.5) is 0 Å². The molecule has 0 aliphatic carbocycles. The fraction of sp³-hybridized carbons (Fsp3) is 0.471. The number of pyridine rings is 1. The van der Waals surface area contributed by atoms with Crippen molar-refractivity contribution in [3.63, 3.8) is 0 Å². The van der Waals surface area contributed by atoms with Gasteiger partial charge in [-0.05, 0) is 38.7 Å². The van der Waals surface area contributed by atoms with Gasteiger partial charge in [0.15, 0.2) is 0 Å². The minimum atomic E-state index is 0.653. The Morgan fingerprint density at radius 1 is 1.24 bits per heavy atom. The average molecular weight is 287 g/mol. The molecule has 1 aromatic carbocycles. The number of nitrogens with zero attached hydrogens (tertiary/aromatic N) is 2. The molecule has 2 rings (SSSR count). The molecule has 1 heterocycles. The molecule has 21 heavy (non-hydrogen) atoms. The molecule has 0 aliphatic rings. The van der Waals surface area contributed by atoms with Crippen LogP contribution in [-0.2, 0) is 6.54 Å². The molecule has 0 fully saturated rings. The fourth-order valence-corrected chi connectivity index (χ4v) is 2.17. The van der Waals surface area contributed by atoms with Gasteiger partial charge in [0.2, 0.25) is 5.88 Å². The zero-order chi connectivity index (χ0) is 15.1. The molecule has 1 aromatic heterocycles. The van der Waals surface area contributed by atoms with E-state index in [2.05, 4.69) is 40.3 Å². The highest BCUT2D eigenvalue weighted by molar-refractivity contribution is 5.82. The summed E-state index contributed by atoms with van der Waals surface area (Å²) < 4.78 is 5.79. The van der Waals surface area contributed by atoms with Crippen LogP contribution in [0.3, 0.4) is 0 Å². The molecule has 0 bridgehead atoms. The van der Waals surface area contributed by atoms with Gasteiger partial charge in [0.25, 0.3) is 0 Å². The van der Waals surface area contributed by atoms with E-state index >= 15 is 0 Å². The molecule has 1 N–H and O–H groups in total. The van der Waals surface area contributed by atoms with Gasteiger partial charge in [-0.3, -0.25) is 0 Å². The van der Waals surface area contributed by atoms with E-state index in [4.69, 9.17) is 4.74 Å². The van der Waals surface area contributed by atoms with Crippen LogP contribution in [0.15, 0.2) is 30.3 Å². The highest BCUT2D eigenvalue weighted by atomic mass is 16.5. The number of aromatic nitrogens is 1. The molecule has 4 nitrogen and oxygen atoms in total. The summed E-state index contributed by atoms with van der Waals surface area (Å²) in [5, 5.41) is 4.65. The third-order valence-electron chi connectivity index (χ3n) is 3.31. The number of para-hydroxylation sites is 1. The molecule has 0 atom stereocenters. The number of ether oxygens (including phenoxy) is 1. The summed E-state index contributed by atoms with van der Waals surface area (Å²) in [5.41, 5.74) is 2.24. The van der Waals surface area contributed by atoms with Crippen LogP contribution in [-0.4, -0.2) is 43.7 Å². The number of rotatable bonds is 8. The number of benzene rings is 1. The van der Waals surface area contributed by atoms with Crippen molar-refractivity contribution < 1.29 is 4.74 Å². The van der Waals surface area contributed by atoms with Gasteiger partial charge >= 0.3 is 0 Å². The summed E-state index contributed by atoms with van der Waals surface area (Å²) in [7, 11) is 4.08. The molecule has 114 valence electrons. The lowest BCUT2D eigenvalue weighted by molar-refractivity contribution is 0.254. The van der Waals surface area contributed by atoms with E-state index < -0.39 is 0 Å². The third-order valence-corrected chi connectivity index (χ3v) is 3.31. The number of hydrogen-bond donors (Lipinski definition) is 1. The van der Waals surface area contributed by atoms with Crippen LogP contribution in [0.1, 0.15) is 18.9 Å². The van der Waals surface area contributed by atoms with Gasteiger partial charge in [-0.1, -0.05) is 25.1 Å². The van der Waals surface area contributed by atoms with Gasteiger partial charge in [-0.15, -0.1) is 0 Å². The Bertz CT molecular complexity index is 569. The largest absolute Gasteiger partial charge is 0.476 e. The molecule has 0 saturated heterocycles. The van der Waals surface area contributed by atoms with Crippen molar-refractivity contribution in [3.8, 4) is 5.88 Å². The molecule has 0 aliphatic heterocycles. The first kappa shape index (κ1) is 15.7. The van der Waals surface area contributed by atoms with Crippen molar-refractivity contribution in [2.45, 2.75) is 19.9 Å². The van der Waals surface area contributed by atoms with Crippen molar-refractivity contribution in [2.24, 2.45) is 0 Å². The smallest absolute Gasteiger partial charge is 0.214 e. The molecule has 0 unspecified atom stereocenters. The third kappa shape index (κ3) is 4.69. The Morgan fingerprint density at radius 2 is 2.05 bits per heavy atom. The summed E-state index contributed by atoms with van der Waals surface area (Å²) >= 11 is 0. The summed E-state index contributed by atoms with van der Waals surface area (Å²) in [6, 6.07) is 10.3. The molecule has 0 radical (unpaired) electrons. The van der Waals surface area contributed by atoms with Crippen LogP contribution < -0.4 is 10.1 Å². The standard InChI is InChI=1S/C17H25N3O/c1-4-9-18-13-14-12-17(21-11-10-20(2)3)19-16-8-6-5-7-15(14)16/h5-8,12,18H,4,9-11,13H2,1-3H3. The highest BCUT2D eigenvalue weighted by Crippen LogP contribution is 2.22. The first-order valence-electron chi connectivity index (χ1n) is 7.57. The zero-order valence-electron chi connectivity index (χ0n) is 13.2. The molecule has 0 spiro atoms. The number of fused-ring (bicyclic) bond motifs is 1. The first-order valence-corrected chi connectivity index (χ1v) is 7.57. The predicted molar refractivity (Wildman–Crippen MR) is 87.8 cm³/mol. The second-order valence-electron chi connectivity index (χ2n) is 5.47. The van der Waals surface area contributed by atoms with Gasteiger partial charge in [0, 0.05) is 24.5 Å². The Balaban J connectivity index is 2.17. The summed E-state index contributed by atoms with van der Waals surface area (Å²) in [5.74, 6) is 0.712. The molecule has 2 aromatic rings. The van der Waals surface area contributed by atoms with Crippen LogP contribution in [0.2, 0.25) is 0 Å². The van der Waals surface area contributed by atoms with Crippen molar-refractivity contribution in [3.05, 3.63) is 35.9 Å². The lowest BCUT2D eigenvalue weighted by Gasteiger charge is -2.13. The summed E-state index contributed by atoms with van der Waals surface area (Å²) in [6.45, 7) is 5.58. The van der Waals surface area contributed by atoms with Crippen LogP contribution in [0.5, 0.6) is 5.88 Å². The Morgan fingerprint density at radius 3 is 2.81 bits per heavy atom. The SMILES string of the molecule is CCCNCc1cc(OCCN(C)C)nc2ccccc12. The maximum Gasteiger partial charge on any atom is 0.214 e. The molecular formula is C17H25N3O. The maximum atomic E-state index is 5.79. The van der Waals surface area contributed by atoms with Crippen LogP contribution in [0, 0.1) is 0 Å². The van der Waals surface area contributed by atoms with Crippen molar-refractivity contribution in [1.82, 2.24) is 15.2 Å². The molecule has 4 heteroatoms. The molecular weight excluding hydrogens is 262 g/mol. The summed E-state index contributed by atoms with van der Waals surface area (Å²) in [4.78, 5) is 6.69. The number of nitrogens with one attached hydrogen (secondary N) is 1. The van der Waals surface area contributed by atoms with E-state index in [-0.39, 0.29) is 0 Å². The lowest BCUT2D eigenvalue weighted by Crippen LogP contribution is -2.20. The van der Waals surface area contributed by atoms with Gasteiger partial charge in [-0.25, -0.2) is 4.98 Å². The Labute approximate surface area is 127 Å². The van der Waals surface area contributed by atoms with Gasteiger partial charge in [-0.2, -0.15) is 0 Å². The van der Waals surface area contributed by atoms with Gasteiger partial charge in [0.05, 0.1) is 5.52 Å². The molecule has 0 amide bonds. The predicted octanol–water partition coefficient (Wildman–Crippen LogP) is 2.67. The minimum Gasteiger partial charge on any atom is -0.476 e. The van der Waals surface area contributed by atoms with Crippen molar-refractivity contribution in [1.29, 1.82) is 0 Å². The van der Waals surface area contributed by atoms with Crippen LogP contribution >= 0.6 is 0 Å². The second-order valence-corrected chi connectivity index (χ2v) is 5.47. The number of hydrogen-bond acceptors (Lipinski definition) is 4. The fourth-order valence-electron chi connectivity index (χ4n) is 2.17. The van der Waals surface area contributed by atoms with E-state index in [1.54, 1.807) is 0 Å². The monoisotopic (exact) mass is 287 g/mol. The quantitative estimate of drug-likeness (QED) is 0.758. The maximum absolute atomic E-state index is 5.79. The number of likely N-dealkylation sites (N-methyl/N-ethyl adjacent to an activating group) is 1. The van der Waals surface area contributed by atoms with E-state index in [9.17, 15) is 0 Å². The van der Waals surface area contributed by atoms with E-state index in [0.29, 0.717) is 12.5 Å². The average Bonchev–Trinajstić information content (AvgIpc) is 2.47. The lowest BCUT2D eigenvalue weighted by atomic mass is 10.1. The first-order chi connectivity index (χ1) is 10.2. The van der Waals surface area contributed by atoms with E-state index in [0.717, 1.165) is 31.6 Å². The van der Waals surface area contributed by atoms with Crippen molar-refractivity contribution >= 4 is 10.9 Å². The topological polar surface area (TPSA) is 37.4 Å². The summed E-state index contributed by atoms with van der Waals surface area (Å²) in [6.07, 6.45) is 1.13. The Kier molecular flexibility index (Phi) is 5.96. The van der Waals surface area contributed by atoms with Gasteiger partial charge in [0.1, 0.15) is 6.61 Å². The highest BCUT2D eigenvalue weighted by Gasteiger charge is 2.06. The van der Waals surface area contributed by atoms with E-state index in [1.807, 2.05) is 26.2 Å². The van der Waals surface area contributed by atoms with Crippen LogP contribution in [0.25, 0.3) is 10.9 Å². The zero-order valence-corrected chi connectivity index (χ0v) is 13.2. The van der Waals surface area contributed by atoms with E-state index in [1.165, 1.54) is 10.9 Å². The Hall–Kier alpha value is -1.65. The van der Waals surface area contributed by atoms with Crippen molar-refractivity contribution in [2.75, 3.05) is 33.8 Å². The second kappa shape index (κ2) is 7.96. The normalized spacial score (nSPS) is 11.2. The molecule has 0 saturated carbocycles.